The fraction of sp³-hybridized carbons (Fsp3) is 0.611. The zero-order chi connectivity index (χ0) is 15.4. The summed E-state index contributed by atoms with van der Waals surface area (Å²) in [5.41, 5.74) is 0.902. The summed E-state index contributed by atoms with van der Waals surface area (Å²) in [4.78, 5) is 12.4. The Hall–Kier alpha value is -1.42. The minimum absolute atomic E-state index is 0.0490. The van der Waals surface area contributed by atoms with Gasteiger partial charge >= 0.3 is 0 Å². The highest BCUT2D eigenvalue weighted by Gasteiger charge is 2.29. The van der Waals surface area contributed by atoms with E-state index in [0.29, 0.717) is 18.4 Å². The monoisotopic (exact) mass is 304 g/mol. The normalized spacial score (nSPS) is 23.6. The van der Waals surface area contributed by atoms with E-state index in [0.717, 1.165) is 37.8 Å². The van der Waals surface area contributed by atoms with Gasteiger partial charge in [0.1, 0.15) is 5.82 Å². The third-order valence-electron chi connectivity index (χ3n) is 4.99. The highest BCUT2D eigenvalue weighted by molar-refractivity contribution is 5.77. The van der Waals surface area contributed by atoms with Crippen LogP contribution in [0.4, 0.5) is 4.39 Å². The molecule has 3 nitrogen and oxygen atoms in total. The minimum atomic E-state index is -0.229. The summed E-state index contributed by atoms with van der Waals surface area (Å²) in [5.74, 6) is 0.287. The molecule has 0 spiro atoms. The van der Waals surface area contributed by atoms with Crippen LogP contribution in [0.5, 0.6) is 0 Å². The van der Waals surface area contributed by atoms with Crippen LogP contribution < -0.4 is 10.6 Å². The average Bonchev–Trinajstić information content (AvgIpc) is 3.18. The molecule has 4 heteroatoms. The van der Waals surface area contributed by atoms with Crippen molar-refractivity contribution in [3.05, 3.63) is 35.6 Å². The summed E-state index contributed by atoms with van der Waals surface area (Å²) in [5, 5.41) is 6.54. The van der Waals surface area contributed by atoms with Gasteiger partial charge in [0.2, 0.25) is 5.91 Å². The molecule has 1 aliphatic carbocycles. The summed E-state index contributed by atoms with van der Waals surface area (Å²) in [7, 11) is 0. The van der Waals surface area contributed by atoms with Gasteiger partial charge in [0.25, 0.3) is 0 Å². The second-order valence-electron chi connectivity index (χ2n) is 6.64. The van der Waals surface area contributed by atoms with Gasteiger partial charge in [-0.2, -0.15) is 0 Å². The molecule has 0 radical (unpaired) electrons. The van der Waals surface area contributed by atoms with Crippen LogP contribution in [0.3, 0.4) is 0 Å². The first-order valence-corrected chi connectivity index (χ1v) is 8.50. The molecule has 1 aromatic rings. The summed E-state index contributed by atoms with van der Waals surface area (Å²) in [6.45, 7) is 1.01. The van der Waals surface area contributed by atoms with E-state index < -0.39 is 0 Å². The third kappa shape index (κ3) is 3.86. The largest absolute Gasteiger partial charge is 0.349 e. The lowest BCUT2D eigenvalue weighted by molar-refractivity contribution is -0.122. The van der Waals surface area contributed by atoms with E-state index in [4.69, 9.17) is 0 Å². The first-order chi connectivity index (χ1) is 10.7. The summed E-state index contributed by atoms with van der Waals surface area (Å²) in [6, 6.07) is 6.94. The molecule has 2 fully saturated rings. The van der Waals surface area contributed by atoms with E-state index in [2.05, 4.69) is 10.6 Å². The molecular weight excluding hydrogens is 279 g/mol. The van der Waals surface area contributed by atoms with Gasteiger partial charge in [-0.15, -0.1) is 0 Å². The maximum atomic E-state index is 13.6. The number of hydrogen-bond donors (Lipinski definition) is 2. The smallest absolute Gasteiger partial charge is 0.222 e. The molecule has 1 amide bonds. The van der Waals surface area contributed by atoms with Crippen molar-refractivity contribution in [2.75, 3.05) is 6.54 Å². The summed E-state index contributed by atoms with van der Waals surface area (Å²) in [6.07, 6.45) is 7.38. The van der Waals surface area contributed by atoms with Gasteiger partial charge < -0.3 is 10.6 Å². The Labute approximate surface area is 131 Å². The molecule has 0 bridgehead atoms. The second kappa shape index (κ2) is 7.23. The molecule has 2 unspecified atom stereocenters. The minimum Gasteiger partial charge on any atom is -0.349 e. The van der Waals surface area contributed by atoms with Crippen molar-refractivity contribution in [3.63, 3.8) is 0 Å². The lowest BCUT2D eigenvalue weighted by atomic mass is 9.91. The van der Waals surface area contributed by atoms with Crippen molar-refractivity contribution in [2.24, 2.45) is 5.92 Å². The first kappa shape index (κ1) is 15.5. The fourth-order valence-corrected chi connectivity index (χ4v) is 3.85. The highest BCUT2D eigenvalue weighted by Crippen LogP contribution is 2.36. The van der Waals surface area contributed by atoms with Crippen molar-refractivity contribution in [2.45, 2.75) is 57.0 Å². The van der Waals surface area contributed by atoms with Crippen molar-refractivity contribution in [1.29, 1.82) is 0 Å². The summed E-state index contributed by atoms with van der Waals surface area (Å²) >= 11 is 0. The number of halogens is 1. The lowest BCUT2D eigenvalue weighted by Crippen LogP contribution is -2.36. The Morgan fingerprint density at radius 2 is 2.09 bits per heavy atom. The molecule has 1 heterocycles. The van der Waals surface area contributed by atoms with Crippen LogP contribution in [-0.4, -0.2) is 18.5 Å². The van der Waals surface area contributed by atoms with Crippen LogP contribution in [0.25, 0.3) is 0 Å². The molecule has 2 atom stereocenters. The van der Waals surface area contributed by atoms with Crippen LogP contribution in [0.15, 0.2) is 24.3 Å². The zero-order valence-corrected chi connectivity index (χ0v) is 13.0. The Morgan fingerprint density at radius 1 is 1.27 bits per heavy atom. The number of hydrogen-bond acceptors (Lipinski definition) is 2. The number of rotatable bonds is 5. The molecule has 1 saturated heterocycles. The van der Waals surface area contributed by atoms with Crippen LogP contribution >= 0.6 is 0 Å². The van der Waals surface area contributed by atoms with E-state index >= 15 is 0 Å². The number of carbonyl (C=O) groups is 1. The molecule has 1 aliphatic heterocycles. The van der Waals surface area contributed by atoms with E-state index in [1.807, 2.05) is 6.07 Å². The van der Waals surface area contributed by atoms with Crippen LogP contribution in [0, 0.1) is 11.7 Å². The van der Waals surface area contributed by atoms with Gasteiger partial charge in [-0.25, -0.2) is 4.39 Å². The Balaban J connectivity index is 1.69. The Bertz CT molecular complexity index is 508. The second-order valence-corrected chi connectivity index (χ2v) is 6.64. The molecule has 0 aromatic heterocycles. The number of nitrogens with one attached hydrogen (secondary N) is 2. The van der Waals surface area contributed by atoms with E-state index in [1.165, 1.54) is 18.9 Å². The number of benzene rings is 1. The molecule has 120 valence electrons. The third-order valence-corrected chi connectivity index (χ3v) is 4.99. The standard InChI is InChI=1S/C18H25FN2O/c19-15-8-3-7-14(11-15)18(13-5-1-2-6-13)21-17(22)12-16-9-4-10-20-16/h3,7-8,11,13,16,18,20H,1-2,4-6,9-10,12H2,(H,21,22). The van der Waals surface area contributed by atoms with Crippen LogP contribution in [-0.2, 0) is 4.79 Å². The predicted molar refractivity (Wildman–Crippen MR) is 84.9 cm³/mol. The predicted octanol–water partition coefficient (Wildman–Crippen LogP) is 3.32. The molecule has 1 aromatic carbocycles. The van der Waals surface area contributed by atoms with E-state index in [1.54, 1.807) is 12.1 Å². The molecule has 2 N–H and O–H groups in total. The average molecular weight is 304 g/mol. The topological polar surface area (TPSA) is 41.1 Å². The number of carbonyl (C=O) groups excluding carboxylic acids is 1. The Kier molecular flexibility index (Phi) is 5.08. The SMILES string of the molecule is O=C(CC1CCCN1)NC(c1cccc(F)c1)C1CCCC1. The van der Waals surface area contributed by atoms with E-state index in [-0.39, 0.29) is 17.8 Å². The Morgan fingerprint density at radius 3 is 2.77 bits per heavy atom. The van der Waals surface area contributed by atoms with Crippen molar-refractivity contribution < 1.29 is 9.18 Å². The highest BCUT2D eigenvalue weighted by atomic mass is 19.1. The van der Waals surface area contributed by atoms with Crippen molar-refractivity contribution in [3.8, 4) is 0 Å². The van der Waals surface area contributed by atoms with Gasteiger partial charge in [0.15, 0.2) is 0 Å². The summed E-state index contributed by atoms with van der Waals surface area (Å²) < 4.78 is 13.6. The lowest BCUT2D eigenvalue weighted by Gasteiger charge is -2.26. The van der Waals surface area contributed by atoms with Crippen LogP contribution in [0.1, 0.15) is 56.6 Å². The maximum Gasteiger partial charge on any atom is 0.222 e. The van der Waals surface area contributed by atoms with Crippen molar-refractivity contribution in [1.82, 2.24) is 10.6 Å². The number of amides is 1. The van der Waals surface area contributed by atoms with E-state index in [9.17, 15) is 9.18 Å². The molecule has 1 saturated carbocycles. The maximum absolute atomic E-state index is 13.6. The van der Waals surface area contributed by atoms with Gasteiger partial charge in [0.05, 0.1) is 6.04 Å². The first-order valence-electron chi connectivity index (χ1n) is 8.50. The molecule has 22 heavy (non-hydrogen) atoms. The van der Waals surface area contributed by atoms with Gasteiger partial charge in [-0.05, 0) is 55.8 Å². The molecular formula is C18H25FN2O. The molecule has 3 rings (SSSR count). The quantitative estimate of drug-likeness (QED) is 0.876. The fourth-order valence-electron chi connectivity index (χ4n) is 3.85. The van der Waals surface area contributed by atoms with Gasteiger partial charge in [-0.3, -0.25) is 4.79 Å². The van der Waals surface area contributed by atoms with Crippen LogP contribution in [0.2, 0.25) is 0 Å². The van der Waals surface area contributed by atoms with Gasteiger partial charge in [0, 0.05) is 12.5 Å². The van der Waals surface area contributed by atoms with Gasteiger partial charge in [-0.1, -0.05) is 25.0 Å². The molecule has 2 aliphatic rings. The zero-order valence-electron chi connectivity index (χ0n) is 13.0. The van der Waals surface area contributed by atoms with Crippen molar-refractivity contribution >= 4 is 5.91 Å².